The summed E-state index contributed by atoms with van der Waals surface area (Å²) in [6, 6.07) is 9.97. The molecule has 0 amide bonds. The molecule has 2 fully saturated rings. The van der Waals surface area contributed by atoms with Crippen LogP contribution in [0.5, 0.6) is 0 Å². The van der Waals surface area contributed by atoms with Gasteiger partial charge in [-0.2, -0.15) is 5.10 Å². The molecule has 1 aromatic heterocycles. The Morgan fingerprint density at radius 3 is 2.44 bits per heavy atom. The first-order valence-electron chi connectivity index (χ1n) is 10.6. The van der Waals surface area contributed by atoms with Crippen molar-refractivity contribution in [2.24, 2.45) is 7.05 Å². The van der Waals surface area contributed by atoms with Crippen LogP contribution >= 0.6 is 0 Å². The molecule has 0 radical (unpaired) electrons. The predicted molar refractivity (Wildman–Crippen MR) is 112 cm³/mol. The number of aryl methyl sites for hydroxylation is 1. The van der Waals surface area contributed by atoms with Gasteiger partial charge in [0.2, 0.25) is 0 Å². The summed E-state index contributed by atoms with van der Waals surface area (Å²) in [5, 5.41) is 4.80. The fourth-order valence-corrected chi connectivity index (χ4v) is 4.86. The third-order valence-electron chi connectivity index (χ3n) is 6.54. The van der Waals surface area contributed by atoms with Crippen LogP contribution in [-0.2, 0) is 13.6 Å². The van der Waals surface area contributed by atoms with Gasteiger partial charge in [0.1, 0.15) is 0 Å². The molecule has 2 aliphatic rings. The molecule has 1 aliphatic heterocycles. The van der Waals surface area contributed by atoms with Crippen LogP contribution in [0.3, 0.4) is 0 Å². The second-order valence-corrected chi connectivity index (χ2v) is 8.77. The fraction of sp³-hybridized carbons (Fsp3) is 0.609. The van der Waals surface area contributed by atoms with Gasteiger partial charge < -0.3 is 4.90 Å². The van der Waals surface area contributed by atoms with Crippen molar-refractivity contribution in [3.05, 3.63) is 41.6 Å². The summed E-state index contributed by atoms with van der Waals surface area (Å²) in [4.78, 5) is 4.93. The molecule has 0 N–H and O–H groups in total. The Hall–Kier alpha value is -1.65. The molecule has 0 unspecified atom stereocenters. The standard InChI is InChI=1S/C23H34N4/c1-25(2)22-13-14-27(17-22)16-21-15-26(3)24-23(21)20-11-9-19(10-12-20)18-7-5-4-6-8-18/h9-12,15,18,22H,4-8,13-14,16-17H2,1-3H3/t22-/m1/s1. The highest BCUT2D eigenvalue weighted by molar-refractivity contribution is 5.63. The Morgan fingerprint density at radius 2 is 1.78 bits per heavy atom. The van der Waals surface area contributed by atoms with Crippen LogP contribution in [0.1, 0.15) is 55.6 Å². The highest BCUT2D eigenvalue weighted by atomic mass is 15.3. The van der Waals surface area contributed by atoms with E-state index in [9.17, 15) is 0 Å². The lowest BCUT2D eigenvalue weighted by atomic mass is 9.84. The summed E-state index contributed by atoms with van der Waals surface area (Å²) in [5.41, 5.74) is 5.28. The van der Waals surface area contributed by atoms with Gasteiger partial charge in [0.25, 0.3) is 0 Å². The van der Waals surface area contributed by atoms with Crippen molar-refractivity contribution in [2.45, 2.75) is 57.0 Å². The van der Waals surface area contributed by atoms with Gasteiger partial charge in [-0.3, -0.25) is 9.58 Å². The molecule has 0 spiro atoms. The molecule has 4 nitrogen and oxygen atoms in total. The van der Waals surface area contributed by atoms with Crippen LogP contribution in [0.2, 0.25) is 0 Å². The van der Waals surface area contributed by atoms with Gasteiger partial charge in [0.15, 0.2) is 0 Å². The number of hydrogen-bond donors (Lipinski definition) is 0. The van der Waals surface area contributed by atoms with Gasteiger partial charge in [-0.25, -0.2) is 0 Å². The van der Waals surface area contributed by atoms with Crippen molar-refractivity contribution in [3.63, 3.8) is 0 Å². The van der Waals surface area contributed by atoms with E-state index in [1.807, 2.05) is 11.7 Å². The monoisotopic (exact) mass is 366 g/mol. The number of nitrogens with zero attached hydrogens (tertiary/aromatic N) is 4. The number of benzene rings is 1. The van der Waals surface area contributed by atoms with Crippen LogP contribution in [0.25, 0.3) is 11.3 Å². The minimum Gasteiger partial charge on any atom is -0.305 e. The second kappa shape index (κ2) is 8.15. The third-order valence-corrected chi connectivity index (χ3v) is 6.54. The normalized spacial score (nSPS) is 22.0. The quantitative estimate of drug-likeness (QED) is 0.790. The van der Waals surface area contributed by atoms with Gasteiger partial charge in [-0.1, -0.05) is 43.5 Å². The van der Waals surface area contributed by atoms with Crippen molar-refractivity contribution in [3.8, 4) is 11.3 Å². The van der Waals surface area contributed by atoms with Crippen LogP contribution in [0, 0.1) is 0 Å². The Kier molecular flexibility index (Phi) is 5.65. The van der Waals surface area contributed by atoms with E-state index in [1.54, 1.807) is 0 Å². The summed E-state index contributed by atoms with van der Waals surface area (Å²) in [5.74, 6) is 0.767. The smallest absolute Gasteiger partial charge is 0.0968 e. The fourth-order valence-electron chi connectivity index (χ4n) is 4.86. The predicted octanol–water partition coefficient (Wildman–Crippen LogP) is 4.27. The number of likely N-dealkylation sites (N-methyl/N-ethyl adjacent to an activating group) is 1. The largest absolute Gasteiger partial charge is 0.305 e. The van der Waals surface area contributed by atoms with Crippen LogP contribution in [0.4, 0.5) is 0 Å². The maximum absolute atomic E-state index is 4.80. The van der Waals surface area contributed by atoms with E-state index in [2.05, 4.69) is 54.4 Å². The molecule has 1 saturated carbocycles. The van der Waals surface area contributed by atoms with E-state index in [0.717, 1.165) is 24.7 Å². The molecule has 146 valence electrons. The van der Waals surface area contributed by atoms with E-state index in [0.29, 0.717) is 6.04 Å². The molecule has 1 aliphatic carbocycles. The van der Waals surface area contributed by atoms with Crippen molar-refractivity contribution in [2.75, 3.05) is 27.2 Å². The molecule has 1 atom stereocenters. The summed E-state index contributed by atoms with van der Waals surface area (Å²) in [6.45, 7) is 3.33. The zero-order chi connectivity index (χ0) is 18.8. The van der Waals surface area contributed by atoms with E-state index in [4.69, 9.17) is 5.10 Å². The van der Waals surface area contributed by atoms with Crippen molar-refractivity contribution >= 4 is 0 Å². The highest BCUT2D eigenvalue weighted by Crippen LogP contribution is 2.34. The topological polar surface area (TPSA) is 24.3 Å². The number of hydrogen-bond acceptors (Lipinski definition) is 3. The molecule has 1 saturated heterocycles. The molecular weight excluding hydrogens is 332 g/mol. The van der Waals surface area contributed by atoms with Crippen LogP contribution < -0.4 is 0 Å². The second-order valence-electron chi connectivity index (χ2n) is 8.77. The third kappa shape index (κ3) is 4.27. The Labute approximate surface area is 164 Å². The molecule has 4 heteroatoms. The van der Waals surface area contributed by atoms with Gasteiger partial charge >= 0.3 is 0 Å². The van der Waals surface area contributed by atoms with E-state index < -0.39 is 0 Å². The van der Waals surface area contributed by atoms with Gasteiger partial charge in [0, 0.05) is 50.0 Å². The Morgan fingerprint density at radius 1 is 1.04 bits per heavy atom. The first-order chi connectivity index (χ1) is 13.1. The SMILES string of the molecule is CN(C)[C@@H]1CCN(Cc2cn(C)nc2-c2ccc(C3CCCCC3)cc2)C1. The minimum atomic E-state index is 0.680. The van der Waals surface area contributed by atoms with Gasteiger partial charge in [-0.05, 0) is 44.8 Å². The zero-order valence-electron chi connectivity index (χ0n) is 17.2. The number of likely N-dealkylation sites (tertiary alicyclic amines) is 1. The van der Waals surface area contributed by atoms with E-state index in [-0.39, 0.29) is 0 Å². The first-order valence-corrected chi connectivity index (χ1v) is 10.6. The zero-order valence-corrected chi connectivity index (χ0v) is 17.2. The number of aromatic nitrogens is 2. The molecule has 2 heterocycles. The lowest BCUT2D eigenvalue weighted by Gasteiger charge is -2.22. The maximum atomic E-state index is 4.80. The molecule has 4 rings (SSSR count). The highest BCUT2D eigenvalue weighted by Gasteiger charge is 2.25. The molecule has 2 aromatic rings. The van der Waals surface area contributed by atoms with Crippen molar-refractivity contribution < 1.29 is 0 Å². The molecular formula is C23H34N4. The summed E-state index contributed by atoms with van der Waals surface area (Å²) in [6.07, 6.45) is 10.4. The Bertz CT molecular complexity index is 740. The van der Waals surface area contributed by atoms with Crippen LogP contribution in [0.15, 0.2) is 30.5 Å². The summed E-state index contributed by atoms with van der Waals surface area (Å²) >= 11 is 0. The summed E-state index contributed by atoms with van der Waals surface area (Å²) in [7, 11) is 6.42. The average molecular weight is 367 g/mol. The molecule has 27 heavy (non-hydrogen) atoms. The lowest BCUT2D eigenvalue weighted by Crippen LogP contribution is -2.31. The molecule has 0 bridgehead atoms. The Balaban J connectivity index is 1.49. The van der Waals surface area contributed by atoms with E-state index in [1.165, 1.54) is 61.8 Å². The number of rotatable bonds is 5. The van der Waals surface area contributed by atoms with E-state index >= 15 is 0 Å². The lowest BCUT2D eigenvalue weighted by molar-refractivity contribution is 0.265. The molecule has 1 aromatic carbocycles. The summed E-state index contributed by atoms with van der Waals surface area (Å²) < 4.78 is 1.97. The van der Waals surface area contributed by atoms with Gasteiger partial charge in [-0.15, -0.1) is 0 Å². The van der Waals surface area contributed by atoms with Crippen molar-refractivity contribution in [1.82, 2.24) is 19.6 Å². The van der Waals surface area contributed by atoms with Gasteiger partial charge in [0.05, 0.1) is 5.69 Å². The van der Waals surface area contributed by atoms with Crippen molar-refractivity contribution in [1.29, 1.82) is 0 Å². The maximum Gasteiger partial charge on any atom is 0.0968 e. The minimum absolute atomic E-state index is 0.680. The van der Waals surface area contributed by atoms with Crippen LogP contribution in [-0.4, -0.2) is 52.8 Å². The average Bonchev–Trinajstić information content (AvgIpc) is 3.30. The first kappa shape index (κ1) is 18.7.